The van der Waals surface area contributed by atoms with Crippen LogP contribution in [0.1, 0.15) is 54.4 Å². The molecule has 1 N–H and O–H groups in total. The van der Waals surface area contributed by atoms with E-state index in [0.29, 0.717) is 0 Å². The molecule has 0 saturated heterocycles. The Labute approximate surface area is 133 Å². The van der Waals surface area contributed by atoms with Crippen molar-refractivity contribution in [1.29, 1.82) is 0 Å². The third kappa shape index (κ3) is 2.47. The van der Waals surface area contributed by atoms with E-state index < -0.39 is 0 Å². The van der Waals surface area contributed by atoms with Gasteiger partial charge in [0.2, 0.25) is 6.79 Å². The summed E-state index contributed by atoms with van der Waals surface area (Å²) in [4.78, 5) is 7.92. The minimum absolute atomic E-state index is 0. The predicted octanol–water partition coefficient (Wildman–Crippen LogP) is 4.65. The summed E-state index contributed by atoms with van der Waals surface area (Å²) in [5.41, 5.74) is 3.14. The number of fused-ring (bicyclic) bond motifs is 1. The first-order valence-corrected chi connectivity index (χ1v) is 7.67. The minimum Gasteiger partial charge on any atom is -0.453 e. The van der Waals surface area contributed by atoms with Crippen molar-refractivity contribution in [3.63, 3.8) is 0 Å². The number of nitrogens with zero attached hydrogens (tertiary/aromatic N) is 1. The second-order valence-corrected chi connectivity index (χ2v) is 7.87. The number of hydrogen-bond donors (Lipinski definition) is 1. The van der Waals surface area contributed by atoms with Crippen molar-refractivity contribution in [2.75, 3.05) is 6.79 Å². The van der Waals surface area contributed by atoms with Crippen molar-refractivity contribution in [3.8, 4) is 22.8 Å². The van der Waals surface area contributed by atoms with Crippen molar-refractivity contribution < 1.29 is 10.9 Å². The Morgan fingerprint density at radius 3 is 2.27 bits per heavy atom. The molecule has 0 aliphatic carbocycles. The molecule has 4 nitrogen and oxygen atoms in total. The third-order valence-electron chi connectivity index (χ3n) is 3.90. The van der Waals surface area contributed by atoms with Gasteiger partial charge in [0.25, 0.3) is 0 Å². The quantitative estimate of drug-likeness (QED) is 0.834. The Balaban J connectivity index is 0.00000192. The Kier molecular flexibility index (Phi) is 3.24. The molecule has 0 bridgehead atoms. The smallest absolute Gasteiger partial charge is 0.231 e. The standard InChI is InChI=1S/C18H24N2O2.H2/c1-17(2,3)12-8-7-11(14-15(12)22-10-21-14)13-9-19-16(20-13)18(4,5)6;/h7-9H,10H2,1-6H3,(H,19,20);1H. The molecule has 0 amide bonds. The van der Waals surface area contributed by atoms with Gasteiger partial charge < -0.3 is 14.5 Å². The topological polar surface area (TPSA) is 47.1 Å². The number of nitrogens with one attached hydrogen (secondary N) is 1. The average Bonchev–Trinajstić information content (AvgIpc) is 3.04. The van der Waals surface area contributed by atoms with Crippen LogP contribution < -0.4 is 9.47 Å². The van der Waals surface area contributed by atoms with Crippen molar-refractivity contribution in [3.05, 3.63) is 29.7 Å². The molecule has 1 aromatic carbocycles. The van der Waals surface area contributed by atoms with Gasteiger partial charge in [-0.2, -0.15) is 0 Å². The highest BCUT2D eigenvalue weighted by Crippen LogP contribution is 2.47. The summed E-state index contributed by atoms with van der Waals surface area (Å²) >= 11 is 0. The van der Waals surface area contributed by atoms with E-state index in [1.54, 1.807) is 0 Å². The highest BCUT2D eigenvalue weighted by atomic mass is 16.7. The summed E-state index contributed by atoms with van der Waals surface area (Å²) in [5.74, 6) is 2.64. The SMILES string of the molecule is CC(C)(C)c1ncc(-c2ccc(C(C)(C)C)c3c2OCO3)[nH]1.[HH]. The number of aromatic amines is 1. The van der Waals surface area contributed by atoms with Crippen molar-refractivity contribution in [1.82, 2.24) is 9.97 Å². The Morgan fingerprint density at radius 2 is 1.68 bits per heavy atom. The number of benzene rings is 1. The monoisotopic (exact) mass is 302 g/mol. The zero-order valence-corrected chi connectivity index (χ0v) is 14.2. The summed E-state index contributed by atoms with van der Waals surface area (Å²) in [6.45, 7) is 13.2. The molecule has 0 fully saturated rings. The molecule has 4 heteroatoms. The van der Waals surface area contributed by atoms with Gasteiger partial charge in [-0.1, -0.05) is 47.6 Å². The number of imidazole rings is 1. The van der Waals surface area contributed by atoms with Crippen LogP contribution in [0.15, 0.2) is 18.3 Å². The molecule has 22 heavy (non-hydrogen) atoms. The van der Waals surface area contributed by atoms with Gasteiger partial charge in [0.1, 0.15) is 5.82 Å². The summed E-state index contributed by atoms with van der Waals surface area (Å²) < 4.78 is 11.5. The van der Waals surface area contributed by atoms with Crippen LogP contribution in [-0.2, 0) is 10.8 Å². The summed E-state index contributed by atoms with van der Waals surface area (Å²) in [7, 11) is 0. The van der Waals surface area contributed by atoms with Gasteiger partial charge in [0.15, 0.2) is 11.5 Å². The maximum Gasteiger partial charge on any atom is 0.231 e. The predicted molar refractivity (Wildman–Crippen MR) is 89.7 cm³/mol. The molecule has 3 rings (SSSR count). The third-order valence-corrected chi connectivity index (χ3v) is 3.90. The lowest BCUT2D eigenvalue weighted by Gasteiger charge is -2.21. The maximum atomic E-state index is 5.74. The minimum atomic E-state index is -0.00979. The fourth-order valence-corrected chi connectivity index (χ4v) is 2.64. The van der Waals surface area contributed by atoms with E-state index >= 15 is 0 Å². The second kappa shape index (κ2) is 4.77. The zero-order valence-electron chi connectivity index (χ0n) is 14.2. The fourth-order valence-electron chi connectivity index (χ4n) is 2.64. The molecule has 0 spiro atoms. The summed E-state index contributed by atoms with van der Waals surface area (Å²) in [6.07, 6.45) is 1.87. The van der Waals surface area contributed by atoms with Gasteiger partial charge >= 0.3 is 0 Å². The summed E-state index contributed by atoms with van der Waals surface area (Å²) in [5, 5.41) is 0. The first-order chi connectivity index (χ1) is 10.2. The first-order valence-electron chi connectivity index (χ1n) is 7.67. The highest BCUT2D eigenvalue weighted by molar-refractivity contribution is 5.73. The first kappa shape index (κ1) is 14.9. The van der Waals surface area contributed by atoms with E-state index in [1.165, 1.54) is 5.56 Å². The van der Waals surface area contributed by atoms with E-state index in [9.17, 15) is 0 Å². The van der Waals surface area contributed by atoms with E-state index in [4.69, 9.17) is 9.47 Å². The Hall–Kier alpha value is -1.97. The molecule has 2 aromatic rings. The molecule has 1 aliphatic rings. The molecule has 1 aliphatic heterocycles. The van der Waals surface area contributed by atoms with Crippen LogP contribution in [0.4, 0.5) is 0 Å². The van der Waals surface area contributed by atoms with Crippen LogP contribution in [0.5, 0.6) is 11.5 Å². The normalized spacial score (nSPS) is 14.5. The number of rotatable bonds is 1. The molecule has 120 valence electrons. The van der Waals surface area contributed by atoms with E-state index in [-0.39, 0.29) is 19.0 Å². The average molecular weight is 302 g/mol. The molecule has 2 heterocycles. The lowest BCUT2D eigenvalue weighted by atomic mass is 9.85. The maximum absolute atomic E-state index is 5.74. The zero-order chi connectivity index (χ0) is 16.1. The highest BCUT2D eigenvalue weighted by Gasteiger charge is 2.29. The van der Waals surface area contributed by atoms with E-state index in [1.807, 2.05) is 6.20 Å². The van der Waals surface area contributed by atoms with Gasteiger partial charge in [-0.15, -0.1) is 0 Å². The summed E-state index contributed by atoms with van der Waals surface area (Å²) in [6, 6.07) is 4.22. The second-order valence-electron chi connectivity index (χ2n) is 7.87. The molecule has 0 saturated carbocycles. The molecule has 0 unspecified atom stereocenters. The van der Waals surface area contributed by atoms with Crippen molar-refractivity contribution in [2.45, 2.75) is 52.4 Å². The number of H-pyrrole nitrogens is 1. The van der Waals surface area contributed by atoms with Gasteiger partial charge in [-0.25, -0.2) is 4.98 Å². The van der Waals surface area contributed by atoms with E-state index in [0.717, 1.165) is 28.6 Å². The molecule has 0 radical (unpaired) electrons. The lowest BCUT2D eigenvalue weighted by molar-refractivity contribution is 0.172. The van der Waals surface area contributed by atoms with Crippen LogP contribution >= 0.6 is 0 Å². The van der Waals surface area contributed by atoms with Gasteiger partial charge in [0, 0.05) is 18.0 Å². The van der Waals surface area contributed by atoms with Crippen molar-refractivity contribution >= 4 is 0 Å². The molecular formula is C18H26N2O2. The number of hydrogen-bond acceptors (Lipinski definition) is 3. The van der Waals surface area contributed by atoms with Crippen molar-refractivity contribution in [2.24, 2.45) is 0 Å². The Bertz CT molecular complexity index is 709. The lowest BCUT2D eigenvalue weighted by Crippen LogP contribution is -2.13. The molecule has 0 atom stereocenters. The van der Waals surface area contributed by atoms with Gasteiger partial charge in [-0.3, -0.25) is 0 Å². The van der Waals surface area contributed by atoms with Crippen LogP contribution in [-0.4, -0.2) is 16.8 Å². The fraction of sp³-hybridized carbons (Fsp3) is 0.500. The van der Waals surface area contributed by atoms with Gasteiger partial charge in [-0.05, 0) is 11.5 Å². The van der Waals surface area contributed by atoms with Crippen LogP contribution in [0.2, 0.25) is 0 Å². The molecule has 1 aromatic heterocycles. The van der Waals surface area contributed by atoms with Crippen LogP contribution in [0, 0.1) is 0 Å². The number of aromatic nitrogens is 2. The largest absolute Gasteiger partial charge is 0.453 e. The van der Waals surface area contributed by atoms with Gasteiger partial charge in [0.05, 0.1) is 11.9 Å². The van der Waals surface area contributed by atoms with Crippen LogP contribution in [0.25, 0.3) is 11.3 Å². The van der Waals surface area contributed by atoms with Crippen LogP contribution in [0.3, 0.4) is 0 Å². The number of ether oxygens (including phenoxy) is 2. The Morgan fingerprint density at radius 1 is 1.00 bits per heavy atom. The molecular weight excluding hydrogens is 276 g/mol. The van der Waals surface area contributed by atoms with E-state index in [2.05, 4.69) is 63.6 Å².